The molecule has 0 bridgehead atoms. The second-order valence-electron chi connectivity index (χ2n) is 4.51. The first-order chi connectivity index (χ1) is 8.66. The number of hydrogen-bond acceptors (Lipinski definition) is 3. The number of phenols is 1. The highest BCUT2D eigenvalue weighted by Gasteiger charge is 2.17. The van der Waals surface area contributed by atoms with Gasteiger partial charge in [-0.15, -0.1) is 0 Å². The first-order valence-corrected chi connectivity index (χ1v) is 6.96. The topological polar surface area (TPSA) is 61.4 Å². The molecule has 1 aromatic carbocycles. The van der Waals surface area contributed by atoms with E-state index in [0.717, 1.165) is 36.8 Å². The number of aromatic hydroxyl groups is 1. The fourth-order valence-electron chi connectivity index (χ4n) is 2.12. The van der Waals surface area contributed by atoms with E-state index < -0.39 is 0 Å². The van der Waals surface area contributed by atoms with Gasteiger partial charge in [0, 0.05) is 10.5 Å². The lowest BCUT2D eigenvalue weighted by Crippen LogP contribution is -2.35. The second-order valence-corrected chi connectivity index (χ2v) is 5.43. The molecule has 4 nitrogen and oxygen atoms in total. The van der Waals surface area contributed by atoms with Gasteiger partial charge in [-0.25, -0.2) is 0 Å². The maximum Gasteiger partial charge on any atom is 0.255 e. The third kappa shape index (κ3) is 3.46. The van der Waals surface area contributed by atoms with Crippen molar-refractivity contribution in [2.24, 2.45) is 0 Å². The summed E-state index contributed by atoms with van der Waals surface area (Å²) in [7, 11) is 0. The van der Waals surface area contributed by atoms with E-state index in [2.05, 4.69) is 26.6 Å². The third-order valence-electron chi connectivity index (χ3n) is 3.12. The van der Waals surface area contributed by atoms with Crippen molar-refractivity contribution in [3.63, 3.8) is 0 Å². The fourth-order valence-corrected chi connectivity index (χ4v) is 2.47. The summed E-state index contributed by atoms with van der Waals surface area (Å²) < 4.78 is 0.759. The van der Waals surface area contributed by atoms with Crippen molar-refractivity contribution in [3.05, 3.63) is 28.2 Å². The van der Waals surface area contributed by atoms with Gasteiger partial charge in [0.15, 0.2) is 0 Å². The molecule has 0 spiro atoms. The van der Waals surface area contributed by atoms with Crippen molar-refractivity contribution in [3.8, 4) is 5.75 Å². The highest BCUT2D eigenvalue weighted by atomic mass is 79.9. The van der Waals surface area contributed by atoms with E-state index >= 15 is 0 Å². The Balaban J connectivity index is 2.02. The Morgan fingerprint density at radius 2 is 2.22 bits per heavy atom. The van der Waals surface area contributed by atoms with Crippen molar-refractivity contribution >= 4 is 21.8 Å². The average molecular weight is 313 g/mol. The maximum atomic E-state index is 12.1. The van der Waals surface area contributed by atoms with Gasteiger partial charge in [-0.05, 0) is 50.6 Å². The van der Waals surface area contributed by atoms with Crippen LogP contribution < -0.4 is 10.6 Å². The maximum absolute atomic E-state index is 12.1. The lowest BCUT2D eigenvalue weighted by molar-refractivity contribution is 0.0931. The molecule has 0 aliphatic carbocycles. The number of amides is 1. The van der Waals surface area contributed by atoms with Crippen molar-refractivity contribution in [1.82, 2.24) is 10.6 Å². The molecule has 1 unspecified atom stereocenters. The van der Waals surface area contributed by atoms with E-state index in [1.165, 1.54) is 6.07 Å². The Morgan fingerprint density at radius 3 is 3.00 bits per heavy atom. The van der Waals surface area contributed by atoms with Crippen molar-refractivity contribution in [1.29, 1.82) is 0 Å². The van der Waals surface area contributed by atoms with Crippen LogP contribution in [-0.4, -0.2) is 30.1 Å². The summed E-state index contributed by atoms with van der Waals surface area (Å²) in [5.41, 5.74) is 0.329. The van der Waals surface area contributed by atoms with E-state index in [0.29, 0.717) is 5.56 Å². The fraction of sp³-hybridized carbons (Fsp3) is 0.462. The minimum absolute atomic E-state index is 0.00798. The van der Waals surface area contributed by atoms with Crippen molar-refractivity contribution in [2.75, 3.05) is 13.1 Å². The molecule has 1 aliphatic heterocycles. The summed E-state index contributed by atoms with van der Waals surface area (Å²) >= 11 is 3.25. The van der Waals surface area contributed by atoms with Crippen LogP contribution in [0.3, 0.4) is 0 Å². The number of carbonyl (C=O) groups is 1. The molecule has 0 radical (unpaired) electrons. The van der Waals surface area contributed by atoms with Gasteiger partial charge >= 0.3 is 0 Å². The van der Waals surface area contributed by atoms with Crippen molar-refractivity contribution in [2.45, 2.75) is 25.3 Å². The molecule has 1 saturated heterocycles. The zero-order valence-corrected chi connectivity index (χ0v) is 11.7. The lowest BCUT2D eigenvalue weighted by atomic mass is 10.1. The summed E-state index contributed by atoms with van der Waals surface area (Å²) in [5.74, 6) is -0.194. The van der Waals surface area contributed by atoms with Crippen LogP contribution in [0.5, 0.6) is 5.75 Å². The molecule has 0 saturated carbocycles. The van der Waals surface area contributed by atoms with Gasteiger partial charge in [-0.3, -0.25) is 4.79 Å². The number of rotatable bonds is 2. The van der Waals surface area contributed by atoms with Gasteiger partial charge in [0.1, 0.15) is 5.75 Å². The van der Waals surface area contributed by atoms with Crippen LogP contribution in [0.2, 0.25) is 0 Å². The molecule has 1 aromatic rings. The molecule has 18 heavy (non-hydrogen) atoms. The monoisotopic (exact) mass is 312 g/mol. The lowest BCUT2D eigenvalue weighted by Gasteiger charge is -2.16. The zero-order valence-electron chi connectivity index (χ0n) is 10.1. The number of nitrogens with one attached hydrogen (secondary N) is 2. The summed E-state index contributed by atoms with van der Waals surface area (Å²) in [5, 5.41) is 16.0. The molecule has 5 heteroatoms. The summed E-state index contributed by atoms with van der Waals surface area (Å²) in [6.07, 6.45) is 2.98. The molecule has 1 atom stereocenters. The Kier molecular flexibility index (Phi) is 4.60. The summed E-state index contributed by atoms with van der Waals surface area (Å²) in [6.45, 7) is 1.94. The van der Waals surface area contributed by atoms with Gasteiger partial charge in [0.2, 0.25) is 0 Å². The van der Waals surface area contributed by atoms with E-state index in [-0.39, 0.29) is 17.7 Å². The Bertz CT molecular complexity index is 429. The van der Waals surface area contributed by atoms with Gasteiger partial charge in [0.25, 0.3) is 5.91 Å². The molecule has 1 fully saturated rings. The SMILES string of the molecule is O=C(NC1CCCNCC1)c1ccc(Br)cc1O. The average Bonchev–Trinajstić information content (AvgIpc) is 2.57. The predicted molar refractivity (Wildman–Crippen MR) is 73.8 cm³/mol. The van der Waals surface area contributed by atoms with Gasteiger partial charge < -0.3 is 15.7 Å². The number of hydrogen-bond donors (Lipinski definition) is 3. The third-order valence-corrected chi connectivity index (χ3v) is 3.61. The van der Waals surface area contributed by atoms with Crippen LogP contribution in [0.4, 0.5) is 0 Å². The molecule has 1 aliphatic rings. The van der Waals surface area contributed by atoms with Gasteiger partial charge in [-0.1, -0.05) is 15.9 Å². The van der Waals surface area contributed by atoms with Gasteiger partial charge in [-0.2, -0.15) is 0 Å². The van der Waals surface area contributed by atoms with Crippen LogP contribution >= 0.6 is 15.9 Å². The second kappa shape index (κ2) is 6.20. The van der Waals surface area contributed by atoms with Crippen LogP contribution in [-0.2, 0) is 0 Å². The van der Waals surface area contributed by atoms with E-state index in [9.17, 15) is 9.90 Å². The Labute approximate surface area is 115 Å². The highest BCUT2D eigenvalue weighted by Crippen LogP contribution is 2.22. The quantitative estimate of drug-likeness (QED) is 0.783. The molecular weight excluding hydrogens is 296 g/mol. The van der Waals surface area contributed by atoms with Crippen LogP contribution in [0.15, 0.2) is 22.7 Å². The van der Waals surface area contributed by atoms with E-state index in [1.54, 1.807) is 12.1 Å². The number of phenolic OH excluding ortho intramolecular Hbond substituents is 1. The van der Waals surface area contributed by atoms with Crippen LogP contribution in [0, 0.1) is 0 Å². The summed E-state index contributed by atoms with van der Waals surface area (Å²) in [6, 6.07) is 5.10. The zero-order chi connectivity index (χ0) is 13.0. The number of carbonyl (C=O) groups excluding carboxylic acids is 1. The first-order valence-electron chi connectivity index (χ1n) is 6.17. The van der Waals surface area contributed by atoms with Gasteiger partial charge in [0.05, 0.1) is 5.56 Å². The molecule has 0 aromatic heterocycles. The smallest absolute Gasteiger partial charge is 0.255 e. The van der Waals surface area contributed by atoms with E-state index in [1.807, 2.05) is 0 Å². The largest absolute Gasteiger partial charge is 0.507 e. The first kappa shape index (κ1) is 13.4. The summed E-state index contributed by atoms with van der Waals surface area (Å²) in [4.78, 5) is 12.1. The predicted octanol–water partition coefficient (Wildman–Crippen LogP) is 2.03. The molecule has 2 rings (SSSR count). The molecule has 1 amide bonds. The van der Waals surface area contributed by atoms with E-state index in [4.69, 9.17) is 0 Å². The van der Waals surface area contributed by atoms with Crippen LogP contribution in [0.1, 0.15) is 29.6 Å². The Hall–Kier alpha value is -1.07. The minimum Gasteiger partial charge on any atom is -0.507 e. The standard InChI is InChI=1S/C13H17BrN2O2/c14-9-3-4-11(12(17)8-9)13(18)16-10-2-1-6-15-7-5-10/h3-4,8,10,15,17H,1-2,5-7H2,(H,16,18). The molecule has 1 heterocycles. The molecule has 98 valence electrons. The highest BCUT2D eigenvalue weighted by molar-refractivity contribution is 9.10. The van der Waals surface area contributed by atoms with Crippen molar-refractivity contribution < 1.29 is 9.90 Å². The Morgan fingerprint density at radius 1 is 1.39 bits per heavy atom. The molecule has 3 N–H and O–H groups in total. The normalized spacial score (nSPS) is 20.2. The minimum atomic E-state index is -0.202. The van der Waals surface area contributed by atoms with Crippen LogP contribution in [0.25, 0.3) is 0 Å². The molecular formula is C13H17BrN2O2. The number of halogens is 1. The number of benzene rings is 1.